The molecule has 0 heterocycles. The quantitative estimate of drug-likeness (QED) is 0.878. The summed E-state index contributed by atoms with van der Waals surface area (Å²) in [5.41, 5.74) is 1.16. The molecule has 1 atom stereocenters. The third-order valence-electron chi connectivity index (χ3n) is 3.06. The summed E-state index contributed by atoms with van der Waals surface area (Å²) in [5.74, 6) is -0.303. The van der Waals surface area contributed by atoms with Crippen molar-refractivity contribution < 1.29 is 9.90 Å². The smallest absolute Gasteiger partial charge is 0.252 e. The van der Waals surface area contributed by atoms with Gasteiger partial charge in [-0.3, -0.25) is 4.79 Å². The third kappa shape index (κ3) is 4.46. The summed E-state index contributed by atoms with van der Waals surface area (Å²) < 4.78 is 0. The van der Waals surface area contributed by atoms with Gasteiger partial charge in [0.25, 0.3) is 5.91 Å². The molecule has 1 amide bonds. The van der Waals surface area contributed by atoms with E-state index in [2.05, 4.69) is 5.32 Å². The lowest BCUT2D eigenvalue weighted by atomic mass is 10.1. The van der Waals surface area contributed by atoms with E-state index in [1.807, 2.05) is 30.3 Å². The average Bonchev–Trinajstić information content (AvgIpc) is 2.50. The molecule has 2 rings (SSSR count). The van der Waals surface area contributed by atoms with Crippen LogP contribution in [0.25, 0.3) is 0 Å². The lowest BCUT2D eigenvalue weighted by Gasteiger charge is -2.12. The highest BCUT2D eigenvalue weighted by Gasteiger charge is 2.12. The van der Waals surface area contributed by atoms with E-state index in [9.17, 15) is 9.90 Å². The van der Waals surface area contributed by atoms with Gasteiger partial charge in [0, 0.05) is 11.6 Å². The first-order chi connectivity index (χ1) is 10.1. The summed E-state index contributed by atoms with van der Waals surface area (Å²) in [6.07, 6.45) is -0.185. The van der Waals surface area contributed by atoms with Crippen molar-refractivity contribution in [3.8, 4) is 0 Å². The van der Waals surface area contributed by atoms with E-state index in [1.165, 1.54) is 6.07 Å². The molecule has 1 unspecified atom stereocenters. The summed E-state index contributed by atoms with van der Waals surface area (Å²) in [7, 11) is 0. The minimum Gasteiger partial charge on any atom is -0.388 e. The number of amides is 1. The van der Waals surface area contributed by atoms with E-state index in [-0.39, 0.29) is 5.91 Å². The average molecular weight is 324 g/mol. The van der Waals surface area contributed by atoms with Crippen molar-refractivity contribution >= 4 is 29.1 Å². The van der Waals surface area contributed by atoms with Crippen LogP contribution in [-0.2, 0) is 0 Å². The van der Waals surface area contributed by atoms with Crippen LogP contribution in [0.1, 0.15) is 28.4 Å². The predicted molar refractivity (Wildman–Crippen MR) is 84.8 cm³/mol. The standard InChI is InChI=1S/C16H15Cl2NO2/c17-12-6-7-14(18)13(10-12)16(21)19-9-8-15(20)11-4-2-1-3-5-11/h1-7,10,15,20H,8-9H2,(H,19,21). The highest BCUT2D eigenvalue weighted by Crippen LogP contribution is 2.20. The number of aliphatic hydroxyl groups is 1. The van der Waals surface area contributed by atoms with Gasteiger partial charge in [-0.1, -0.05) is 53.5 Å². The minimum absolute atomic E-state index is 0.303. The van der Waals surface area contributed by atoms with Gasteiger partial charge in [-0.25, -0.2) is 0 Å². The molecule has 0 aliphatic heterocycles. The first kappa shape index (κ1) is 15.8. The molecule has 0 aliphatic carbocycles. The molecule has 2 N–H and O–H groups in total. The van der Waals surface area contributed by atoms with Crippen LogP contribution < -0.4 is 5.32 Å². The molecule has 0 spiro atoms. The minimum atomic E-state index is -0.610. The van der Waals surface area contributed by atoms with E-state index >= 15 is 0 Å². The van der Waals surface area contributed by atoms with Gasteiger partial charge >= 0.3 is 0 Å². The predicted octanol–water partition coefficient (Wildman–Crippen LogP) is 3.85. The zero-order valence-electron chi connectivity index (χ0n) is 11.2. The van der Waals surface area contributed by atoms with Gasteiger partial charge in [-0.15, -0.1) is 0 Å². The molecule has 0 aromatic heterocycles. The summed E-state index contributed by atoms with van der Waals surface area (Å²) in [6.45, 7) is 0.345. The highest BCUT2D eigenvalue weighted by atomic mass is 35.5. The highest BCUT2D eigenvalue weighted by molar-refractivity contribution is 6.35. The fourth-order valence-electron chi connectivity index (χ4n) is 1.93. The van der Waals surface area contributed by atoms with Gasteiger partial charge in [-0.05, 0) is 30.2 Å². The number of hydrogen-bond acceptors (Lipinski definition) is 2. The molecule has 0 aliphatic rings. The molecule has 21 heavy (non-hydrogen) atoms. The fraction of sp³-hybridized carbons (Fsp3) is 0.188. The van der Waals surface area contributed by atoms with E-state index in [4.69, 9.17) is 23.2 Å². The van der Waals surface area contributed by atoms with Crippen molar-refractivity contribution in [3.05, 3.63) is 69.7 Å². The Balaban J connectivity index is 1.88. The van der Waals surface area contributed by atoms with E-state index in [0.29, 0.717) is 28.6 Å². The molecule has 0 saturated heterocycles. The molecular formula is C16H15Cl2NO2. The lowest BCUT2D eigenvalue weighted by Crippen LogP contribution is -2.26. The SMILES string of the molecule is O=C(NCCC(O)c1ccccc1)c1cc(Cl)ccc1Cl. The van der Waals surface area contributed by atoms with Crippen LogP contribution in [0.5, 0.6) is 0 Å². The van der Waals surface area contributed by atoms with Crippen LogP contribution in [0, 0.1) is 0 Å². The van der Waals surface area contributed by atoms with Crippen LogP contribution in [0.2, 0.25) is 10.0 Å². The van der Waals surface area contributed by atoms with Crippen LogP contribution in [0.3, 0.4) is 0 Å². The number of rotatable bonds is 5. The maximum Gasteiger partial charge on any atom is 0.252 e. The molecule has 3 nitrogen and oxygen atoms in total. The molecule has 110 valence electrons. The van der Waals surface area contributed by atoms with Gasteiger partial charge < -0.3 is 10.4 Å². The fourth-order valence-corrected chi connectivity index (χ4v) is 2.31. The number of benzene rings is 2. The lowest BCUT2D eigenvalue weighted by molar-refractivity contribution is 0.0943. The largest absolute Gasteiger partial charge is 0.388 e. The Morgan fingerprint density at radius 1 is 1.14 bits per heavy atom. The van der Waals surface area contributed by atoms with E-state index < -0.39 is 6.10 Å². The van der Waals surface area contributed by atoms with Crippen molar-refractivity contribution in [3.63, 3.8) is 0 Å². The number of hydrogen-bond donors (Lipinski definition) is 2. The maximum absolute atomic E-state index is 12.0. The Morgan fingerprint density at radius 2 is 1.86 bits per heavy atom. The second-order valence-electron chi connectivity index (χ2n) is 4.60. The summed E-state index contributed by atoms with van der Waals surface area (Å²) in [4.78, 5) is 12.0. The Labute approximate surface area is 133 Å². The molecular weight excluding hydrogens is 309 g/mol. The van der Waals surface area contributed by atoms with Gasteiger partial charge in [0.05, 0.1) is 16.7 Å². The number of carbonyl (C=O) groups excluding carboxylic acids is 1. The number of carbonyl (C=O) groups is 1. The zero-order chi connectivity index (χ0) is 15.2. The Kier molecular flexibility index (Phi) is 5.62. The van der Waals surface area contributed by atoms with Gasteiger partial charge in [0.15, 0.2) is 0 Å². The molecule has 0 fully saturated rings. The van der Waals surface area contributed by atoms with Crippen molar-refractivity contribution in [2.24, 2.45) is 0 Å². The Hall–Kier alpha value is -1.55. The summed E-state index contributed by atoms with van der Waals surface area (Å²) in [5, 5.41) is 13.5. The topological polar surface area (TPSA) is 49.3 Å². The first-order valence-electron chi connectivity index (χ1n) is 6.54. The third-order valence-corrected chi connectivity index (χ3v) is 3.63. The molecule has 0 saturated carbocycles. The molecule has 2 aromatic rings. The van der Waals surface area contributed by atoms with Crippen LogP contribution in [0.15, 0.2) is 48.5 Å². The summed E-state index contributed by atoms with van der Waals surface area (Å²) >= 11 is 11.8. The molecule has 0 radical (unpaired) electrons. The van der Waals surface area contributed by atoms with Crippen LogP contribution in [0.4, 0.5) is 0 Å². The number of halogens is 2. The molecule has 2 aromatic carbocycles. The Morgan fingerprint density at radius 3 is 2.57 bits per heavy atom. The second kappa shape index (κ2) is 7.46. The maximum atomic E-state index is 12.0. The Bertz CT molecular complexity index is 617. The number of nitrogens with one attached hydrogen (secondary N) is 1. The molecule has 5 heteroatoms. The van der Waals surface area contributed by atoms with Crippen molar-refractivity contribution in [1.82, 2.24) is 5.32 Å². The normalized spacial score (nSPS) is 12.0. The van der Waals surface area contributed by atoms with Crippen molar-refractivity contribution in [2.75, 3.05) is 6.54 Å². The van der Waals surface area contributed by atoms with Gasteiger partial charge in [-0.2, -0.15) is 0 Å². The second-order valence-corrected chi connectivity index (χ2v) is 5.44. The van der Waals surface area contributed by atoms with E-state index in [1.54, 1.807) is 12.1 Å². The monoisotopic (exact) mass is 323 g/mol. The van der Waals surface area contributed by atoms with Gasteiger partial charge in [0.1, 0.15) is 0 Å². The first-order valence-corrected chi connectivity index (χ1v) is 7.30. The number of aliphatic hydroxyl groups excluding tert-OH is 1. The van der Waals surface area contributed by atoms with Gasteiger partial charge in [0.2, 0.25) is 0 Å². The van der Waals surface area contributed by atoms with Crippen molar-refractivity contribution in [1.29, 1.82) is 0 Å². The zero-order valence-corrected chi connectivity index (χ0v) is 12.7. The van der Waals surface area contributed by atoms with Crippen LogP contribution in [-0.4, -0.2) is 17.6 Å². The van der Waals surface area contributed by atoms with Crippen LogP contribution >= 0.6 is 23.2 Å². The molecule has 0 bridgehead atoms. The van der Waals surface area contributed by atoms with E-state index in [0.717, 1.165) is 5.56 Å². The van der Waals surface area contributed by atoms with Crippen molar-refractivity contribution in [2.45, 2.75) is 12.5 Å². The summed E-state index contributed by atoms with van der Waals surface area (Å²) in [6, 6.07) is 14.0.